The molecule has 0 saturated carbocycles. The number of hydrogen-bond acceptors (Lipinski definition) is 8. The fraction of sp³-hybridized carbons (Fsp3) is 0.300. The molecule has 0 saturated heterocycles. The van der Waals surface area contributed by atoms with Crippen LogP contribution in [0.2, 0.25) is 0 Å². The molecule has 4 rings (SSSR count). The average molecular weight is 443 g/mol. The molecule has 0 atom stereocenters. The number of carbonyl (C=O) groups is 2. The molecule has 0 aliphatic carbocycles. The van der Waals surface area contributed by atoms with Gasteiger partial charge in [0.05, 0.1) is 6.26 Å². The molecule has 0 fully saturated rings. The molecule has 1 aliphatic rings. The van der Waals surface area contributed by atoms with E-state index in [0.717, 1.165) is 0 Å². The molecule has 162 valence electrons. The predicted octanol–water partition coefficient (Wildman–Crippen LogP) is 3.16. The number of rotatable bonds is 7. The molecule has 1 aliphatic heterocycles. The molecule has 10 nitrogen and oxygen atoms in total. The van der Waals surface area contributed by atoms with Crippen molar-refractivity contribution in [1.29, 1.82) is 0 Å². The summed E-state index contributed by atoms with van der Waals surface area (Å²) >= 11 is 1.39. The second kappa shape index (κ2) is 9.56. The number of anilines is 1. The minimum absolute atomic E-state index is 0.145. The number of urea groups is 1. The maximum atomic E-state index is 12.1. The lowest BCUT2D eigenvalue weighted by molar-refractivity contribution is -0.119. The highest BCUT2D eigenvalue weighted by Gasteiger charge is 2.16. The number of amides is 3. The van der Waals surface area contributed by atoms with Crippen molar-refractivity contribution in [2.45, 2.75) is 25.0 Å². The van der Waals surface area contributed by atoms with Crippen LogP contribution in [0.3, 0.4) is 0 Å². The number of aromatic nitrogens is 3. The van der Waals surface area contributed by atoms with Gasteiger partial charge >= 0.3 is 6.03 Å². The molecule has 31 heavy (non-hydrogen) atoms. The number of nitrogens with zero attached hydrogens (tertiary/aromatic N) is 3. The van der Waals surface area contributed by atoms with Crippen molar-refractivity contribution in [3.63, 3.8) is 0 Å². The molecule has 0 radical (unpaired) electrons. The van der Waals surface area contributed by atoms with Crippen molar-refractivity contribution < 1.29 is 23.5 Å². The zero-order valence-corrected chi connectivity index (χ0v) is 17.6. The first kappa shape index (κ1) is 20.8. The summed E-state index contributed by atoms with van der Waals surface area (Å²) in [5.74, 6) is 2.50. The lowest BCUT2D eigenvalue weighted by atomic mass is 10.2. The van der Waals surface area contributed by atoms with Gasteiger partial charge < -0.3 is 19.2 Å². The van der Waals surface area contributed by atoms with Crippen molar-refractivity contribution in [2.24, 2.45) is 0 Å². The molecule has 2 N–H and O–H groups in total. The Morgan fingerprint density at radius 2 is 2.00 bits per heavy atom. The van der Waals surface area contributed by atoms with Crippen LogP contribution in [0.25, 0.3) is 11.6 Å². The van der Waals surface area contributed by atoms with E-state index in [1.54, 1.807) is 30.5 Å². The Bertz CT molecular complexity index is 1070. The van der Waals surface area contributed by atoms with Crippen molar-refractivity contribution >= 4 is 29.4 Å². The predicted molar refractivity (Wildman–Crippen MR) is 113 cm³/mol. The van der Waals surface area contributed by atoms with Gasteiger partial charge in [0.2, 0.25) is 5.91 Å². The zero-order valence-electron chi connectivity index (χ0n) is 16.8. The topological polar surface area (TPSA) is 121 Å². The fourth-order valence-corrected chi connectivity index (χ4v) is 3.92. The van der Waals surface area contributed by atoms with Gasteiger partial charge in [-0.3, -0.25) is 14.7 Å². The Labute approximate surface area is 182 Å². The molecule has 2 aromatic heterocycles. The number of imide groups is 1. The van der Waals surface area contributed by atoms with E-state index < -0.39 is 11.9 Å². The number of thioether (sulfide) groups is 1. The molecule has 0 bridgehead atoms. The molecule has 3 heterocycles. The Kier molecular flexibility index (Phi) is 6.41. The normalized spacial score (nSPS) is 12.4. The van der Waals surface area contributed by atoms with Gasteiger partial charge in [-0.05, 0) is 31.2 Å². The standard InChI is InChI=1S/C20H21N5O5S/c1-2-25-18(15-4-3-8-28-15)23-24-20(25)31-11-7-17(26)22-19(27)21-13-5-6-14-16(12-13)30-10-9-29-14/h3-6,8,12H,2,7,9-11H2,1H3,(H2,21,22,26,27). The quantitative estimate of drug-likeness (QED) is 0.534. The average Bonchev–Trinajstić information content (AvgIpc) is 3.43. The van der Waals surface area contributed by atoms with Gasteiger partial charge in [-0.25, -0.2) is 4.79 Å². The number of hydrogen-bond donors (Lipinski definition) is 2. The second-order valence-corrected chi connectivity index (χ2v) is 7.55. The van der Waals surface area contributed by atoms with E-state index >= 15 is 0 Å². The highest BCUT2D eigenvalue weighted by atomic mass is 32.2. The van der Waals surface area contributed by atoms with Crippen LogP contribution in [0.1, 0.15) is 13.3 Å². The van der Waals surface area contributed by atoms with Crippen LogP contribution >= 0.6 is 11.8 Å². The van der Waals surface area contributed by atoms with Crippen LogP contribution in [0.5, 0.6) is 11.5 Å². The van der Waals surface area contributed by atoms with E-state index in [1.807, 2.05) is 17.6 Å². The van der Waals surface area contributed by atoms with E-state index in [4.69, 9.17) is 13.9 Å². The summed E-state index contributed by atoms with van der Waals surface area (Å²) in [5, 5.41) is 14.0. The smallest absolute Gasteiger partial charge is 0.325 e. The molecular formula is C20H21N5O5S. The molecule has 3 amide bonds. The van der Waals surface area contributed by atoms with Gasteiger partial charge in [0.1, 0.15) is 13.2 Å². The number of benzene rings is 1. The maximum Gasteiger partial charge on any atom is 0.325 e. The monoisotopic (exact) mass is 443 g/mol. The first-order valence-corrected chi connectivity index (χ1v) is 10.7. The van der Waals surface area contributed by atoms with Crippen LogP contribution in [0, 0.1) is 0 Å². The summed E-state index contributed by atoms with van der Waals surface area (Å²) < 4.78 is 18.2. The van der Waals surface area contributed by atoms with Crippen molar-refractivity contribution in [3.8, 4) is 23.1 Å². The second-order valence-electron chi connectivity index (χ2n) is 6.49. The summed E-state index contributed by atoms with van der Waals surface area (Å²) in [6, 6.07) is 8.05. The number of ether oxygens (including phenoxy) is 2. The van der Waals surface area contributed by atoms with Gasteiger partial charge in [-0.1, -0.05) is 11.8 Å². The number of carbonyl (C=O) groups excluding carboxylic acids is 2. The van der Waals surface area contributed by atoms with Gasteiger partial charge in [-0.2, -0.15) is 0 Å². The van der Waals surface area contributed by atoms with E-state index in [9.17, 15) is 9.59 Å². The Morgan fingerprint density at radius 1 is 1.16 bits per heavy atom. The Morgan fingerprint density at radius 3 is 2.77 bits per heavy atom. The first-order chi connectivity index (χ1) is 15.1. The third-order valence-corrected chi connectivity index (χ3v) is 5.36. The van der Waals surface area contributed by atoms with Gasteiger partial charge in [0, 0.05) is 30.5 Å². The molecule has 11 heteroatoms. The summed E-state index contributed by atoms with van der Waals surface area (Å²) in [7, 11) is 0. The van der Waals surface area contributed by atoms with E-state index in [0.29, 0.717) is 59.4 Å². The van der Waals surface area contributed by atoms with Gasteiger partial charge in [0.15, 0.2) is 28.2 Å². The summed E-state index contributed by atoms with van der Waals surface area (Å²) in [6.07, 6.45) is 1.73. The Hall–Kier alpha value is -3.47. The van der Waals surface area contributed by atoms with Crippen molar-refractivity contribution in [2.75, 3.05) is 24.3 Å². The summed E-state index contributed by atoms with van der Waals surface area (Å²) in [4.78, 5) is 24.2. The third kappa shape index (κ3) is 5.00. The largest absolute Gasteiger partial charge is 0.486 e. The highest BCUT2D eigenvalue weighted by molar-refractivity contribution is 7.99. The van der Waals surface area contributed by atoms with Crippen LogP contribution < -0.4 is 20.1 Å². The number of furan rings is 1. The van der Waals surface area contributed by atoms with Crippen LogP contribution in [0.4, 0.5) is 10.5 Å². The van der Waals surface area contributed by atoms with Gasteiger partial charge in [-0.15, -0.1) is 10.2 Å². The molecule has 0 unspecified atom stereocenters. The van der Waals surface area contributed by atoms with Gasteiger partial charge in [0.25, 0.3) is 0 Å². The summed E-state index contributed by atoms with van der Waals surface area (Å²) in [6.45, 7) is 3.59. The number of fused-ring (bicyclic) bond motifs is 1. The Balaban J connectivity index is 1.26. The van der Waals surface area contributed by atoms with Crippen molar-refractivity contribution in [3.05, 3.63) is 36.6 Å². The molecule has 0 spiro atoms. The summed E-state index contributed by atoms with van der Waals surface area (Å²) in [5.41, 5.74) is 0.505. The lowest BCUT2D eigenvalue weighted by Gasteiger charge is -2.19. The van der Waals surface area contributed by atoms with E-state index in [1.165, 1.54) is 11.8 Å². The fourth-order valence-electron chi connectivity index (χ4n) is 2.98. The SMILES string of the molecule is CCn1c(SCCC(=O)NC(=O)Nc2ccc3c(c2)OCCO3)nnc1-c1ccco1. The molecule has 3 aromatic rings. The lowest BCUT2D eigenvalue weighted by Crippen LogP contribution is -2.34. The molecule has 1 aromatic carbocycles. The molecular weight excluding hydrogens is 422 g/mol. The van der Waals surface area contributed by atoms with Crippen molar-refractivity contribution in [1.82, 2.24) is 20.1 Å². The number of nitrogens with one attached hydrogen (secondary N) is 2. The first-order valence-electron chi connectivity index (χ1n) is 9.74. The van der Waals surface area contributed by atoms with E-state index in [-0.39, 0.29) is 6.42 Å². The minimum atomic E-state index is -0.608. The maximum absolute atomic E-state index is 12.1. The van der Waals surface area contributed by atoms with E-state index in [2.05, 4.69) is 20.8 Å². The van der Waals surface area contributed by atoms with Crippen LogP contribution in [-0.2, 0) is 11.3 Å². The van der Waals surface area contributed by atoms with Crippen LogP contribution in [-0.4, -0.2) is 45.7 Å². The zero-order chi connectivity index (χ0) is 21.6. The third-order valence-electron chi connectivity index (χ3n) is 4.39. The van der Waals surface area contributed by atoms with Crippen LogP contribution in [0.15, 0.2) is 46.2 Å². The highest BCUT2D eigenvalue weighted by Crippen LogP contribution is 2.32. The minimum Gasteiger partial charge on any atom is -0.486 e.